The molecule has 32 heavy (non-hydrogen) atoms. The number of amides is 2. The molecule has 0 saturated heterocycles. The summed E-state index contributed by atoms with van der Waals surface area (Å²) in [5, 5.41) is 0.632. The normalized spacial score (nSPS) is 11.7. The lowest BCUT2D eigenvalue weighted by Crippen LogP contribution is -2.32. The summed E-state index contributed by atoms with van der Waals surface area (Å²) in [5.74, 6) is -0.752. The van der Waals surface area contributed by atoms with Crippen LogP contribution in [0.5, 0.6) is 0 Å². The summed E-state index contributed by atoms with van der Waals surface area (Å²) in [7, 11) is 0. The molecule has 0 saturated carbocycles. The van der Waals surface area contributed by atoms with Crippen LogP contribution >= 0.6 is 27.3 Å². The van der Waals surface area contributed by atoms with Crippen molar-refractivity contribution in [3.8, 4) is 11.1 Å². The van der Waals surface area contributed by atoms with Crippen LogP contribution in [0, 0.1) is 5.82 Å². The van der Waals surface area contributed by atoms with Crippen molar-refractivity contribution in [2.45, 2.75) is 6.18 Å². The Kier molecular flexibility index (Phi) is 5.51. The Bertz CT molecular complexity index is 1340. The van der Waals surface area contributed by atoms with Crippen LogP contribution in [0.2, 0.25) is 0 Å². The molecule has 0 spiro atoms. The van der Waals surface area contributed by atoms with Gasteiger partial charge in [0.25, 0.3) is 0 Å². The van der Waals surface area contributed by atoms with Crippen molar-refractivity contribution in [1.82, 2.24) is 9.97 Å². The summed E-state index contributed by atoms with van der Waals surface area (Å²) in [4.78, 5) is 21.6. The van der Waals surface area contributed by atoms with Crippen molar-refractivity contribution in [2.24, 2.45) is 5.73 Å². The number of aromatic nitrogens is 2. The van der Waals surface area contributed by atoms with Crippen molar-refractivity contribution in [2.75, 3.05) is 10.6 Å². The zero-order chi connectivity index (χ0) is 23.2. The molecule has 0 aliphatic rings. The fourth-order valence-corrected chi connectivity index (χ4v) is 5.00. The Morgan fingerprint density at radius 2 is 1.78 bits per heavy atom. The predicted molar refractivity (Wildman–Crippen MR) is 118 cm³/mol. The fraction of sp³-hybridized carbons (Fsp3) is 0.0500. The van der Waals surface area contributed by atoms with Crippen LogP contribution in [-0.2, 0) is 6.18 Å². The van der Waals surface area contributed by atoms with Gasteiger partial charge in [0, 0.05) is 5.56 Å². The SMILES string of the molecule is NC(=O)N(c1ccc(-c2c(Br)sc3ncnc(N)c23)cc1)c1cc(C(F)(F)F)ccc1F. The number of carbonyl (C=O) groups excluding carboxylic acids is 1. The van der Waals surface area contributed by atoms with E-state index in [4.69, 9.17) is 11.5 Å². The molecule has 2 aromatic carbocycles. The van der Waals surface area contributed by atoms with Gasteiger partial charge < -0.3 is 11.5 Å². The number of thiophene rings is 1. The van der Waals surface area contributed by atoms with Gasteiger partial charge in [-0.15, -0.1) is 11.3 Å². The standard InChI is InChI=1S/C20H12BrF4N5OS/c21-16-14(15-17(26)28-8-29-18(15)32-16)9-1-4-11(5-2-9)30(19(27)31)13-7-10(20(23,24)25)3-6-12(13)22/h1-8H,(H2,27,31)(H2,26,28,29). The maximum absolute atomic E-state index is 14.4. The molecule has 2 aromatic heterocycles. The van der Waals surface area contributed by atoms with Crippen molar-refractivity contribution in [1.29, 1.82) is 0 Å². The van der Waals surface area contributed by atoms with Crippen LogP contribution in [0.3, 0.4) is 0 Å². The van der Waals surface area contributed by atoms with Crippen molar-refractivity contribution in [3.63, 3.8) is 0 Å². The monoisotopic (exact) mass is 525 g/mol. The average Bonchev–Trinajstić information content (AvgIpc) is 3.06. The predicted octanol–water partition coefficient (Wildman–Crippen LogP) is 6.08. The van der Waals surface area contributed by atoms with Gasteiger partial charge in [0.2, 0.25) is 0 Å². The lowest BCUT2D eigenvalue weighted by atomic mass is 10.1. The maximum Gasteiger partial charge on any atom is 0.416 e. The molecule has 4 aromatic rings. The number of urea groups is 1. The fourth-order valence-electron chi connectivity index (χ4n) is 3.21. The van der Waals surface area contributed by atoms with E-state index in [1.54, 1.807) is 12.1 Å². The van der Waals surface area contributed by atoms with Gasteiger partial charge in [0.15, 0.2) is 0 Å². The van der Waals surface area contributed by atoms with E-state index in [1.165, 1.54) is 29.8 Å². The third kappa shape index (κ3) is 3.86. The minimum absolute atomic E-state index is 0.0827. The van der Waals surface area contributed by atoms with Gasteiger partial charge in [-0.05, 0) is 51.8 Å². The Morgan fingerprint density at radius 1 is 1.09 bits per heavy atom. The molecule has 12 heteroatoms. The number of fused-ring (bicyclic) bond motifs is 1. The topological polar surface area (TPSA) is 98.1 Å². The summed E-state index contributed by atoms with van der Waals surface area (Å²) >= 11 is 4.83. The number of hydrogen-bond acceptors (Lipinski definition) is 5. The first kappa shape index (κ1) is 22.0. The first-order valence-electron chi connectivity index (χ1n) is 8.83. The number of halogens is 5. The number of benzene rings is 2. The smallest absolute Gasteiger partial charge is 0.383 e. The highest BCUT2D eigenvalue weighted by Crippen LogP contribution is 2.44. The van der Waals surface area contributed by atoms with Crippen molar-refractivity contribution >= 4 is 60.7 Å². The molecule has 164 valence electrons. The van der Waals surface area contributed by atoms with Crippen LogP contribution < -0.4 is 16.4 Å². The van der Waals surface area contributed by atoms with E-state index in [1.807, 2.05) is 0 Å². The molecule has 0 bridgehead atoms. The van der Waals surface area contributed by atoms with Gasteiger partial charge in [0.05, 0.1) is 26.1 Å². The van der Waals surface area contributed by atoms with E-state index >= 15 is 0 Å². The first-order valence-corrected chi connectivity index (χ1v) is 10.4. The van der Waals surface area contributed by atoms with E-state index in [9.17, 15) is 22.4 Å². The van der Waals surface area contributed by atoms with Crippen molar-refractivity contribution in [3.05, 3.63) is 64.0 Å². The second kappa shape index (κ2) is 8.02. The highest BCUT2D eigenvalue weighted by molar-refractivity contribution is 9.11. The van der Waals surface area contributed by atoms with Crippen molar-refractivity contribution < 1.29 is 22.4 Å². The number of nitrogens with zero attached hydrogens (tertiary/aromatic N) is 3. The quantitative estimate of drug-likeness (QED) is 0.317. The largest absolute Gasteiger partial charge is 0.416 e. The zero-order valence-electron chi connectivity index (χ0n) is 15.8. The summed E-state index contributed by atoms with van der Waals surface area (Å²) < 4.78 is 54.4. The maximum atomic E-state index is 14.4. The van der Waals surface area contributed by atoms with Crippen LogP contribution in [-0.4, -0.2) is 16.0 Å². The number of nitrogen functional groups attached to an aromatic ring is 1. The van der Waals surface area contributed by atoms with E-state index in [0.717, 1.165) is 3.79 Å². The van der Waals surface area contributed by atoms with Gasteiger partial charge >= 0.3 is 12.2 Å². The number of alkyl halides is 3. The average molecular weight is 526 g/mol. The Labute approximate surface area is 190 Å². The molecule has 0 aliphatic heterocycles. The number of rotatable bonds is 3. The number of anilines is 3. The molecule has 4 rings (SSSR count). The summed E-state index contributed by atoms with van der Waals surface area (Å²) in [5.41, 5.74) is 11.1. The van der Waals surface area contributed by atoms with E-state index in [0.29, 0.717) is 44.4 Å². The van der Waals surface area contributed by atoms with E-state index < -0.39 is 29.3 Å². The van der Waals surface area contributed by atoms with Crippen LogP contribution in [0.4, 0.5) is 39.5 Å². The lowest BCUT2D eigenvalue weighted by Gasteiger charge is -2.22. The highest BCUT2D eigenvalue weighted by Gasteiger charge is 2.32. The first-order chi connectivity index (χ1) is 15.1. The summed E-state index contributed by atoms with van der Waals surface area (Å²) in [6.45, 7) is 0. The molecule has 4 N–H and O–H groups in total. The van der Waals surface area contributed by atoms with Gasteiger partial charge in [-0.1, -0.05) is 12.1 Å². The second-order valence-corrected chi connectivity index (χ2v) is 8.89. The molecule has 0 aliphatic carbocycles. The second-order valence-electron chi connectivity index (χ2n) is 6.57. The van der Waals surface area contributed by atoms with E-state index in [2.05, 4.69) is 25.9 Å². The Morgan fingerprint density at radius 3 is 2.41 bits per heavy atom. The molecule has 0 unspecified atom stereocenters. The molecule has 0 radical (unpaired) electrons. The number of carbonyl (C=O) groups is 1. The van der Waals surface area contributed by atoms with Gasteiger partial charge in [-0.2, -0.15) is 13.2 Å². The van der Waals surface area contributed by atoms with Gasteiger partial charge in [-0.3, -0.25) is 4.90 Å². The third-order valence-corrected chi connectivity index (χ3v) is 6.39. The molecule has 6 nitrogen and oxygen atoms in total. The molecular weight excluding hydrogens is 514 g/mol. The molecular formula is C20H12BrF4N5OS. The zero-order valence-corrected chi connectivity index (χ0v) is 18.2. The van der Waals surface area contributed by atoms with Crippen LogP contribution in [0.15, 0.2) is 52.6 Å². The highest BCUT2D eigenvalue weighted by atomic mass is 79.9. The van der Waals surface area contributed by atoms with E-state index in [-0.39, 0.29) is 11.5 Å². The lowest BCUT2D eigenvalue weighted by molar-refractivity contribution is -0.137. The minimum atomic E-state index is -4.72. The number of hydrogen-bond donors (Lipinski definition) is 2. The van der Waals surface area contributed by atoms with Gasteiger partial charge in [0.1, 0.15) is 22.8 Å². The molecule has 2 amide bonds. The van der Waals surface area contributed by atoms with Crippen LogP contribution in [0.1, 0.15) is 5.56 Å². The third-order valence-electron chi connectivity index (χ3n) is 4.62. The summed E-state index contributed by atoms with van der Waals surface area (Å²) in [6, 6.07) is 6.72. The molecule has 0 fully saturated rings. The van der Waals surface area contributed by atoms with Gasteiger partial charge in [-0.25, -0.2) is 19.2 Å². The Balaban J connectivity index is 1.80. The molecule has 2 heterocycles. The Hall–Kier alpha value is -3.25. The summed E-state index contributed by atoms with van der Waals surface area (Å²) in [6.07, 6.45) is -3.37. The minimum Gasteiger partial charge on any atom is -0.383 e. The van der Waals surface area contributed by atoms with Crippen LogP contribution in [0.25, 0.3) is 21.3 Å². The number of primary amides is 1. The number of nitrogens with two attached hydrogens (primary N) is 2. The molecule has 0 atom stereocenters.